The second-order valence-electron chi connectivity index (χ2n) is 5.04. The zero-order valence-electron chi connectivity index (χ0n) is 11.8. The number of nitrogens with one attached hydrogen (secondary N) is 1. The second-order valence-corrected chi connectivity index (χ2v) is 5.04. The molecule has 2 N–H and O–H groups in total. The molecule has 0 fully saturated rings. The summed E-state index contributed by atoms with van der Waals surface area (Å²) in [6, 6.07) is -0.537. The minimum atomic E-state index is -0.650. The Labute approximate surface area is 113 Å². The van der Waals surface area contributed by atoms with Crippen LogP contribution in [0.4, 0.5) is 4.79 Å². The van der Waals surface area contributed by atoms with Crippen LogP contribution in [-0.2, 0) is 14.3 Å². The molecule has 0 aromatic carbocycles. The Balaban J connectivity index is 4.02. The van der Waals surface area contributed by atoms with Crippen molar-refractivity contribution in [3.8, 4) is 0 Å². The van der Waals surface area contributed by atoms with Gasteiger partial charge in [-0.1, -0.05) is 12.7 Å². The Morgan fingerprint density at radius 1 is 1.42 bits per heavy atom. The minimum Gasteiger partial charge on any atom is -0.460 e. The summed E-state index contributed by atoms with van der Waals surface area (Å²) < 4.78 is 9.84. The van der Waals surface area contributed by atoms with Gasteiger partial charge < -0.3 is 19.9 Å². The van der Waals surface area contributed by atoms with Gasteiger partial charge in [-0.3, -0.25) is 4.79 Å². The Morgan fingerprint density at radius 3 is 2.53 bits per heavy atom. The highest BCUT2D eigenvalue weighted by Gasteiger charge is 2.18. The van der Waals surface area contributed by atoms with Gasteiger partial charge in [0.2, 0.25) is 0 Å². The number of aliphatic hydroxyl groups excluding tert-OH is 1. The van der Waals surface area contributed by atoms with Crippen LogP contribution >= 0.6 is 0 Å². The van der Waals surface area contributed by atoms with Crippen LogP contribution in [0, 0.1) is 0 Å². The molecule has 0 aromatic heterocycles. The zero-order valence-corrected chi connectivity index (χ0v) is 11.8. The Morgan fingerprint density at radius 2 is 2.05 bits per heavy atom. The summed E-state index contributed by atoms with van der Waals surface area (Å²) in [5.74, 6) is -0.368. The predicted octanol–water partition coefficient (Wildman–Crippen LogP) is 1.38. The van der Waals surface area contributed by atoms with E-state index in [-0.39, 0.29) is 32.0 Å². The topological polar surface area (TPSA) is 84.9 Å². The summed E-state index contributed by atoms with van der Waals surface area (Å²) in [7, 11) is 0. The largest absolute Gasteiger partial charge is 0.460 e. The van der Waals surface area contributed by atoms with Gasteiger partial charge in [0.1, 0.15) is 12.2 Å². The highest BCUT2D eigenvalue weighted by molar-refractivity contribution is 5.70. The number of alkyl carbamates (subject to hydrolysis) is 1. The molecule has 0 radical (unpaired) electrons. The lowest BCUT2D eigenvalue weighted by molar-refractivity contribution is -0.155. The normalized spacial score (nSPS) is 12.4. The van der Waals surface area contributed by atoms with Crippen LogP contribution in [-0.4, -0.2) is 42.0 Å². The Hall–Kier alpha value is -1.56. The molecule has 0 bridgehead atoms. The van der Waals surface area contributed by atoms with Gasteiger partial charge in [0, 0.05) is 6.42 Å². The van der Waals surface area contributed by atoms with Crippen LogP contribution < -0.4 is 5.32 Å². The van der Waals surface area contributed by atoms with E-state index in [0.717, 1.165) is 0 Å². The Bertz CT molecular complexity index is 309. The number of amides is 1. The van der Waals surface area contributed by atoms with Gasteiger partial charge in [-0.25, -0.2) is 4.79 Å². The van der Waals surface area contributed by atoms with E-state index in [1.807, 2.05) is 0 Å². The van der Waals surface area contributed by atoms with Gasteiger partial charge in [-0.2, -0.15) is 0 Å². The first kappa shape index (κ1) is 17.4. The molecule has 6 heteroatoms. The fourth-order valence-corrected chi connectivity index (χ4v) is 1.24. The van der Waals surface area contributed by atoms with Gasteiger partial charge in [0.25, 0.3) is 0 Å². The molecule has 0 heterocycles. The third kappa shape index (κ3) is 10.1. The number of carbonyl (C=O) groups is 2. The molecule has 1 atom stereocenters. The number of hydrogen-bond acceptors (Lipinski definition) is 5. The van der Waals surface area contributed by atoms with Crippen molar-refractivity contribution in [3.63, 3.8) is 0 Å². The summed E-state index contributed by atoms with van der Waals surface area (Å²) in [5.41, 5.74) is -0.540. The smallest absolute Gasteiger partial charge is 0.407 e. The summed E-state index contributed by atoms with van der Waals surface area (Å²) >= 11 is 0. The van der Waals surface area contributed by atoms with Crippen molar-refractivity contribution < 1.29 is 24.2 Å². The molecule has 0 unspecified atom stereocenters. The van der Waals surface area contributed by atoms with Crippen molar-refractivity contribution in [1.29, 1.82) is 0 Å². The zero-order chi connectivity index (χ0) is 14.9. The maximum Gasteiger partial charge on any atom is 0.407 e. The lowest BCUT2D eigenvalue weighted by Crippen LogP contribution is -2.38. The molecule has 0 saturated carbocycles. The standard InChI is InChI=1S/C13H23NO5/c1-5-8-18-12(17)14-10(9-15)6-7-11(16)19-13(2,3)4/h5,10,15H,1,6-9H2,2-4H3,(H,14,17)/t10-/m0/s1. The predicted molar refractivity (Wildman–Crippen MR) is 70.6 cm³/mol. The van der Waals surface area contributed by atoms with Crippen molar-refractivity contribution in [2.45, 2.75) is 45.3 Å². The third-order valence-electron chi connectivity index (χ3n) is 1.99. The van der Waals surface area contributed by atoms with Crippen LogP contribution in [0.25, 0.3) is 0 Å². The third-order valence-corrected chi connectivity index (χ3v) is 1.99. The van der Waals surface area contributed by atoms with E-state index in [0.29, 0.717) is 0 Å². The number of aliphatic hydroxyl groups is 1. The van der Waals surface area contributed by atoms with Gasteiger partial charge in [-0.15, -0.1) is 0 Å². The van der Waals surface area contributed by atoms with Gasteiger partial charge >= 0.3 is 12.1 Å². The van der Waals surface area contributed by atoms with Gasteiger partial charge in [-0.05, 0) is 27.2 Å². The van der Waals surface area contributed by atoms with Crippen LogP contribution in [0.2, 0.25) is 0 Å². The number of ether oxygens (including phenoxy) is 2. The van der Waals surface area contributed by atoms with Crippen LogP contribution in [0.15, 0.2) is 12.7 Å². The Kier molecular flexibility index (Phi) is 7.83. The van der Waals surface area contributed by atoms with Crippen molar-refractivity contribution in [3.05, 3.63) is 12.7 Å². The van der Waals surface area contributed by atoms with E-state index < -0.39 is 17.7 Å². The summed E-state index contributed by atoms with van der Waals surface area (Å²) in [6.07, 6.45) is 1.19. The number of esters is 1. The molecular formula is C13H23NO5. The lowest BCUT2D eigenvalue weighted by Gasteiger charge is -2.20. The molecule has 1 amide bonds. The lowest BCUT2D eigenvalue weighted by atomic mass is 10.1. The van der Waals surface area contributed by atoms with E-state index in [2.05, 4.69) is 11.9 Å². The summed E-state index contributed by atoms with van der Waals surface area (Å²) in [4.78, 5) is 22.7. The molecular weight excluding hydrogens is 250 g/mol. The number of carbonyl (C=O) groups excluding carboxylic acids is 2. The molecule has 0 saturated heterocycles. The highest BCUT2D eigenvalue weighted by atomic mass is 16.6. The molecule has 0 rings (SSSR count). The fourth-order valence-electron chi connectivity index (χ4n) is 1.24. The maximum atomic E-state index is 11.5. The molecule has 6 nitrogen and oxygen atoms in total. The minimum absolute atomic E-state index is 0.0933. The quantitative estimate of drug-likeness (QED) is 0.540. The highest BCUT2D eigenvalue weighted by Crippen LogP contribution is 2.10. The molecule has 0 aromatic rings. The van der Waals surface area contributed by atoms with Crippen LogP contribution in [0.1, 0.15) is 33.6 Å². The first-order valence-corrected chi connectivity index (χ1v) is 6.15. The summed E-state index contributed by atoms with van der Waals surface area (Å²) in [5, 5.41) is 11.6. The van der Waals surface area contributed by atoms with E-state index in [4.69, 9.17) is 14.6 Å². The number of hydrogen-bond donors (Lipinski definition) is 2. The van der Waals surface area contributed by atoms with Gasteiger partial charge in [0.05, 0.1) is 12.6 Å². The first-order valence-electron chi connectivity index (χ1n) is 6.15. The number of rotatable bonds is 7. The van der Waals surface area contributed by atoms with Gasteiger partial charge in [0.15, 0.2) is 0 Å². The fraction of sp³-hybridized carbons (Fsp3) is 0.692. The van der Waals surface area contributed by atoms with Crippen LogP contribution in [0.5, 0.6) is 0 Å². The van der Waals surface area contributed by atoms with Crippen molar-refractivity contribution in [1.82, 2.24) is 5.32 Å². The summed E-state index contributed by atoms with van der Waals surface area (Å²) in [6.45, 7) is 8.56. The first-order chi connectivity index (χ1) is 8.78. The second kappa shape index (κ2) is 8.53. The molecule has 19 heavy (non-hydrogen) atoms. The van der Waals surface area contributed by atoms with E-state index >= 15 is 0 Å². The van der Waals surface area contributed by atoms with E-state index in [9.17, 15) is 9.59 Å². The van der Waals surface area contributed by atoms with Crippen LogP contribution in [0.3, 0.4) is 0 Å². The SMILES string of the molecule is C=CCOC(=O)N[C@H](CO)CCC(=O)OC(C)(C)C. The molecule has 110 valence electrons. The molecule has 0 aliphatic heterocycles. The van der Waals surface area contributed by atoms with Crippen molar-refractivity contribution in [2.24, 2.45) is 0 Å². The average Bonchev–Trinajstić information content (AvgIpc) is 2.29. The monoisotopic (exact) mass is 273 g/mol. The maximum absolute atomic E-state index is 11.5. The average molecular weight is 273 g/mol. The molecule has 0 aliphatic rings. The molecule has 0 spiro atoms. The van der Waals surface area contributed by atoms with E-state index in [1.165, 1.54) is 6.08 Å². The van der Waals surface area contributed by atoms with E-state index in [1.54, 1.807) is 20.8 Å². The van der Waals surface area contributed by atoms with Crippen molar-refractivity contribution >= 4 is 12.1 Å². The van der Waals surface area contributed by atoms with Crippen molar-refractivity contribution in [2.75, 3.05) is 13.2 Å². The molecule has 0 aliphatic carbocycles.